The van der Waals surface area contributed by atoms with E-state index < -0.39 is 0 Å². The number of nitrogens with zero attached hydrogens (tertiary/aromatic N) is 1. The number of hydrogen-bond donors (Lipinski definition) is 0. The van der Waals surface area contributed by atoms with Crippen molar-refractivity contribution in [2.24, 2.45) is 0 Å². The van der Waals surface area contributed by atoms with E-state index in [9.17, 15) is 9.59 Å². The highest BCUT2D eigenvalue weighted by molar-refractivity contribution is 9.10. The number of hydrogen-bond acceptors (Lipinski definition) is 2. The Morgan fingerprint density at radius 1 is 1.12 bits per heavy atom. The highest BCUT2D eigenvalue weighted by atomic mass is 79.9. The molecule has 1 aromatic rings. The molecule has 0 N–H and O–H groups in total. The fourth-order valence-electron chi connectivity index (χ4n) is 1.98. The van der Waals surface area contributed by atoms with Crippen LogP contribution in [0.25, 0.3) is 0 Å². The number of halogens is 1. The number of amides is 2. The van der Waals surface area contributed by atoms with Crippen molar-refractivity contribution in [1.82, 2.24) is 4.90 Å². The van der Waals surface area contributed by atoms with Gasteiger partial charge < -0.3 is 0 Å². The topological polar surface area (TPSA) is 37.4 Å². The van der Waals surface area contributed by atoms with Gasteiger partial charge in [-0.25, -0.2) is 0 Å². The monoisotopic (exact) mass is 295 g/mol. The first-order chi connectivity index (χ1) is 8.18. The van der Waals surface area contributed by atoms with Crippen LogP contribution in [0.2, 0.25) is 0 Å². The zero-order valence-electron chi connectivity index (χ0n) is 9.49. The number of likely N-dealkylation sites (tertiary alicyclic amines) is 1. The molecule has 0 bridgehead atoms. The summed E-state index contributed by atoms with van der Waals surface area (Å²) in [4.78, 5) is 24.6. The molecular formula is C13H14BrNO2. The van der Waals surface area contributed by atoms with Crippen LogP contribution in [0.15, 0.2) is 28.7 Å². The smallest absolute Gasteiger partial charge is 0.229 e. The van der Waals surface area contributed by atoms with Gasteiger partial charge in [-0.2, -0.15) is 0 Å². The Labute approximate surface area is 109 Å². The zero-order chi connectivity index (χ0) is 12.3. The van der Waals surface area contributed by atoms with Crippen molar-refractivity contribution in [2.45, 2.75) is 25.7 Å². The molecule has 3 nitrogen and oxygen atoms in total. The van der Waals surface area contributed by atoms with Gasteiger partial charge in [0.1, 0.15) is 0 Å². The van der Waals surface area contributed by atoms with Gasteiger partial charge in [0.25, 0.3) is 0 Å². The lowest BCUT2D eigenvalue weighted by molar-refractivity contribution is -0.147. The number of benzene rings is 1. The van der Waals surface area contributed by atoms with E-state index in [4.69, 9.17) is 0 Å². The van der Waals surface area contributed by atoms with E-state index in [1.807, 2.05) is 24.3 Å². The van der Waals surface area contributed by atoms with Crippen molar-refractivity contribution in [1.29, 1.82) is 0 Å². The van der Waals surface area contributed by atoms with Crippen LogP contribution in [0.3, 0.4) is 0 Å². The Kier molecular flexibility index (Phi) is 3.94. The molecule has 1 aliphatic heterocycles. The minimum absolute atomic E-state index is 0.0340. The molecule has 2 rings (SSSR count). The van der Waals surface area contributed by atoms with Gasteiger partial charge in [-0.1, -0.05) is 34.1 Å². The summed E-state index contributed by atoms with van der Waals surface area (Å²) >= 11 is 3.46. The summed E-state index contributed by atoms with van der Waals surface area (Å²) < 4.78 is 1.02. The van der Waals surface area contributed by atoms with Crippen molar-refractivity contribution in [3.63, 3.8) is 0 Å². The summed E-state index contributed by atoms with van der Waals surface area (Å²) in [5.41, 5.74) is 1.12. The molecule has 17 heavy (non-hydrogen) atoms. The number of piperidine rings is 1. The van der Waals surface area contributed by atoms with E-state index in [1.54, 1.807) is 0 Å². The third-order valence-corrected chi connectivity index (χ3v) is 3.72. The van der Waals surface area contributed by atoms with Crippen molar-refractivity contribution < 1.29 is 9.59 Å². The largest absolute Gasteiger partial charge is 0.282 e. The second kappa shape index (κ2) is 5.45. The molecule has 0 radical (unpaired) electrons. The minimum Gasteiger partial charge on any atom is -0.282 e. The molecule has 0 aromatic heterocycles. The van der Waals surface area contributed by atoms with Gasteiger partial charge in [0.15, 0.2) is 0 Å². The first kappa shape index (κ1) is 12.3. The molecule has 0 unspecified atom stereocenters. The van der Waals surface area contributed by atoms with E-state index in [0.29, 0.717) is 32.2 Å². The van der Waals surface area contributed by atoms with Crippen LogP contribution in [-0.4, -0.2) is 23.3 Å². The van der Waals surface area contributed by atoms with Crippen molar-refractivity contribution in [2.75, 3.05) is 6.54 Å². The highest BCUT2D eigenvalue weighted by Gasteiger charge is 2.25. The standard InChI is InChI=1S/C13H14BrNO2/c14-11-5-2-1-4-10(11)8-9-15-12(16)6-3-7-13(15)17/h1-2,4-5H,3,6-9H2. The molecule has 1 heterocycles. The maximum Gasteiger partial charge on any atom is 0.229 e. The molecule has 1 fully saturated rings. The summed E-state index contributed by atoms with van der Waals surface area (Å²) in [6, 6.07) is 7.88. The van der Waals surface area contributed by atoms with E-state index >= 15 is 0 Å². The first-order valence-corrected chi connectivity index (χ1v) is 6.54. The maximum atomic E-state index is 11.6. The van der Waals surface area contributed by atoms with Crippen molar-refractivity contribution in [3.8, 4) is 0 Å². The van der Waals surface area contributed by atoms with Gasteiger partial charge in [-0.3, -0.25) is 14.5 Å². The predicted molar refractivity (Wildman–Crippen MR) is 68.4 cm³/mol. The second-order valence-electron chi connectivity index (χ2n) is 4.13. The average Bonchev–Trinajstić information content (AvgIpc) is 2.30. The molecule has 0 spiro atoms. The van der Waals surface area contributed by atoms with Crippen molar-refractivity contribution in [3.05, 3.63) is 34.3 Å². The van der Waals surface area contributed by atoms with Crippen LogP contribution in [-0.2, 0) is 16.0 Å². The average molecular weight is 296 g/mol. The van der Waals surface area contributed by atoms with Gasteiger partial charge in [0.2, 0.25) is 11.8 Å². The fourth-order valence-corrected chi connectivity index (χ4v) is 2.47. The molecule has 4 heteroatoms. The fraction of sp³-hybridized carbons (Fsp3) is 0.385. The Morgan fingerprint density at radius 3 is 2.41 bits per heavy atom. The summed E-state index contributed by atoms with van der Waals surface area (Å²) in [7, 11) is 0. The Bertz CT molecular complexity index is 429. The maximum absolute atomic E-state index is 11.6. The zero-order valence-corrected chi connectivity index (χ0v) is 11.1. The normalized spacial score (nSPS) is 16.4. The van der Waals surface area contributed by atoms with Crippen LogP contribution in [0.5, 0.6) is 0 Å². The Balaban J connectivity index is 2.00. The molecule has 0 atom stereocenters. The van der Waals surface area contributed by atoms with Crippen molar-refractivity contribution >= 4 is 27.7 Å². The second-order valence-corrected chi connectivity index (χ2v) is 4.99. The molecule has 2 amide bonds. The van der Waals surface area contributed by atoms with E-state index in [1.165, 1.54) is 4.90 Å². The number of rotatable bonds is 3. The van der Waals surface area contributed by atoms with E-state index in [0.717, 1.165) is 10.0 Å². The molecule has 90 valence electrons. The van der Waals surface area contributed by atoms with Gasteiger partial charge in [0, 0.05) is 23.9 Å². The SMILES string of the molecule is O=C1CCCC(=O)N1CCc1ccccc1Br. The Morgan fingerprint density at radius 2 is 1.76 bits per heavy atom. The summed E-state index contributed by atoms with van der Waals surface area (Å²) in [5, 5.41) is 0. The summed E-state index contributed by atoms with van der Waals surface area (Å²) in [5.74, 6) is -0.0680. The minimum atomic E-state index is -0.0340. The third kappa shape index (κ3) is 2.94. The molecule has 1 aliphatic rings. The molecule has 1 saturated heterocycles. The van der Waals surface area contributed by atoms with Gasteiger partial charge in [0.05, 0.1) is 0 Å². The molecule has 0 saturated carbocycles. The van der Waals surface area contributed by atoms with Gasteiger partial charge in [-0.05, 0) is 24.5 Å². The molecule has 1 aromatic carbocycles. The van der Waals surface area contributed by atoms with Gasteiger partial charge in [-0.15, -0.1) is 0 Å². The molecule has 0 aliphatic carbocycles. The number of carbonyl (C=O) groups is 2. The summed E-state index contributed by atoms with van der Waals surface area (Å²) in [6.07, 6.45) is 2.41. The predicted octanol–water partition coefficient (Wildman–Crippen LogP) is 2.53. The van der Waals surface area contributed by atoms with E-state index in [-0.39, 0.29) is 11.8 Å². The van der Waals surface area contributed by atoms with Crippen LogP contribution >= 0.6 is 15.9 Å². The van der Waals surface area contributed by atoms with E-state index in [2.05, 4.69) is 15.9 Å². The quantitative estimate of drug-likeness (QED) is 0.804. The van der Waals surface area contributed by atoms with Crippen LogP contribution in [0.4, 0.5) is 0 Å². The first-order valence-electron chi connectivity index (χ1n) is 5.75. The molecular weight excluding hydrogens is 282 g/mol. The number of carbonyl (C=O) groups excluding carboxylic acids is 2. The Hall–Kier alpha value is -1.16. The highest BCUT2D eigenvalue weighted by Crippen LogP contribution is 2.18. The lowest BCUT2D eigenvalue weighted by Gasteiger charge is -2.24. The number of imide groups is 1. The lowest BCUT2D eigenvalue weighted by Crippen LogP contribution is -2.41. The summed E-state index contributed by atoms with van der Waals surface area (Å²) in [6.45, 7) is 0.486. The van der Waals surface area contributed by atoms with Crippen LogP contribution in [0, 0.1) is 0 Å². The van der Waals surface area contributed by atoms with Crippen LogP contribution < -0.4 is 0 Å². The lowest BCUT2D eigenvalue weighted by atomic mass is 10.1. The van der Waals surface area contributed by atoms with Gasteiger partial charge >= 0.3 is 0 Å². The van der Waals surface area contributed by atoms with Crippen LogP contribution in [0.1, 0.15) is 24.8 Å². The third-order valence-electron chi connectivity index (χ3n) is 2.95.